The summed E-state index contributed by atoms with van der Waals surface area (Å²) in [4.78, 5) is 4.37. The highest BCUT2D eigenvalue weighted by Crippen LogP contribution is 2.30. The van der Waals surface area contributed by atoms with Crippen LogP contribution in [-0.4, -0.2) is 10.1 Å². The van der Waals surface area contributed by atoms with E-state index in [2.05, 4.69) is 27.6 Å². The number of halogens is 2. The molecule has 100 valence electrons. The predicted molar refractivity (Wildman–Crippen MR) is 90.0 cm³/mol. The van der Waals surface area contributed by atoms with E-state index in [-0.39, 0.29) is 0 Å². The molecule has 0 saturated heterocycles. The van der Waals surface area contributed by atoms with E-state index in [1.807, 2.05) is 42.5 Å². The van der Waals surface area contributed by atoms with Gasteiger partial charge in [-0.25, -0.2) is 0 Å². The van der Waals surface area contributed by atoms with Crippen LogP contribution in [0.1, 0.15) is 17.2 Å². The predicted octanol–water partition coefficient (Wildman–Crippen LogP) is 4.57. The minimum atomic E-state index is -0.733. The van der Waals surface area contributed by atoms with Gasteiger partial charge in [-0.05, 0) is 46.4 Å². The Balaban J connectivity index is 2.12. The molecule has 0 radical (unpaired) electrons. The van der Waals surface area contributed by atoms with E-state index >= 15 is 0 Å². The second kappa shape index (κ2) is 5.68. The Kier molecular flexibility index (Phi) is 3.92. The highest BCUT2D eigenvalue weighted by Gasteiger charge is 2.15. The molecule has 0 fully saturated rings. The number of hydrogen-bond acceptors (Lipinski definition) is 2. The Labute approximate surface area is 135 Å². The quantitative estimate of drug-likeness (QED) is 0.645. The first-order valence-corrected chi connectivity index (χ1v) is 7.59. The van der Waals surface area contributed by atoms with Crippen molar-refractivity contribution in [1.29, 1.82) is 0 Å². The molecule has 4 heteroatoms. The Bertz CT molecular complexity index is 770. The molecule has 1 unspecified atom stereocenters. The SMILES string of the molecule is OC(c1ccc(I)c(Cl)c1)c1cccc2cccnc12. The molecule has 20 heavy (non-hydrogen) atoms. The van der Waals surface area contributed by atoms with Gasteiger partial charge in [0.25, 0.3) is 0 Å². The lowest BCUT2D eigenvalue weighted by molar-refractivity contribution is 0.221. The normalized spacial score (nSPS) is 12.6. The third-order valence-corrected chi connectivity index (χ3v) is 4.79. The molecule has 0 bridgehead atoms. The van der Waals surface area contributed by atoms with E-state index < -0.39 is 6.10 Å². The molecule has 0 aliphatic heterocycles. The zero-order valence-electron chi connectivity index (χ0n) is 10.4. The fourth-order valence-corrected chi connectivity index (χ4v) is 2.73. The van der Waals surface area contributed by atoms with Crippen LogP contribution in [0.2, 0.25) is 5.02 Å². The summed E-state index contributed by atoms with van der Waals surface area (Å²) in [5.41, 5.74) is 2.38. The Hall–Kier alpha value is -1.17. The monoisotopic (exact) mass is 395 g/mol. The third-order valence-electron chi connectivity index (χ3n) is 3.22. The number of aliphatic hydroxyl groups excluding tert-OH is 1. The van der Waals surface area contributed by atoms with Crippen LogP contribution in [0.25, 0.3) is 10.9 Å². The molecule has 2 aromatic carbocycles. The van der Waals surface area contributed by atoms with Crippen molar-refractivity contribution in [1.82, 2.24) is 4.98 Å². The van der Waals surface area contributed by atoms with E-state index in [4.69, 9.17) is 11.6 Å². The number of pyridine rings is 1. The van der Waals surface area contributed by atoms with Crippen LogP contribution in [0.3, 0.4) is 0 Å². The van der Waals surface area contributed by atoms with Gasteiger partial charge in [-0.3, -0.25) is 4.98 Å². The Morgan fingerprint density at radius 2 is 1.90 bits per heavy atom. The van der Waals surface area contributed by atoms with Crippen molar-refractivity contribution in [3.8, 4) is 0 Å². The lowest BCUT2D eigenvalue weighted by Crippen LogP contribution is -2.01. The summed E-state index contributed by atoms with van der Waals surface area (Å²) in [5, 5.41) is 12.3. The first kappa shape index (κ1) is 13.8. The number of fused-ring (bicyclic) bond motifs is 1. The second-order valence-electron chi connectivity index (χ2n) is 4.50. The van der Waals surface area contributed by atoms with Crippen LogP contribution in [0.15, 0.2) is 54.7 Å². The molecule has 1 N–H and O–H groups in total. The Morgan fingerprint density at radius 3 is 2.70 bits per heavy atom. The van der Waals surface area contributed by atoms with Gasteiger partial charge in [-0.1, -0.05) is 41.9 Å². The molecule has 1 heterocycles. The maximum atomic E-state index is 10.6. The van der Waals surface area contributed by atoms with Crippen molar-refractivity contribution in [3.05, 3.63) is 74.4 Å². The minimum Gasteiger partial charge on any atom is -0.384 e. The lowest BCUT2D eigenvalue weighted by atomic mass is 9.99. The van der Waals surface area contributed by atoms with E-state index in [1.54, 1.807) is 12.3 Å². The van der Waals surface area contributed by atoms with Crippen molar-refractivity contribution < 1.29 is 5.11 Å². The van der Waals surface area contributed by atoms with Gasteiger partial charge in [0.2, 0.25) is 0 Å². The van der Waals surface area contributed by atoms with Crippen LogP contribution in [0, 0.1) is 3.57 Å². The van der Waals surface area contributed by atoms with E-state index in [9.17, 15) is 5.11 Å². The van der Waals surface area contributed by atoms with Crippen LogP contribution in [0.4, 0.5) is 0 Å². The summed E-state index contributed by atoms with van der Waals surface area (Å²) in [6.45, 7) is 0. The van der Waals surface area contributed by atoms with Crippen LogP contribution < -0.4 is 0 Å². The molecule has 2 nitrogen and oxygen atoms in total. The van der Waals surface area contributed by atoms with Crippen molar-refractivity contribution in [3.63, 3.8) is 0 Å². The number of para-hydroxylation sites is 1. The molecule has 1 atom stereocenters. The number of aromatic nitrogens is 1. The first-order chi connectivity index (χ1) is 9.66. The van der Waals surface area contributed by atoms with E-state index in [0.717, 1.165) is 25.6 Å². The number of benzene rings is 2. The maximum absolute atomic E-state index is 10.6. The lowest BCUT2D eigenvalue weighted by Gasteiger charge is -2.14. The molecular weight excluding hydrogens is 385 g/mol. The van der Waals surface area contributed by atoms with Crippen molar-refractivity contribution in [2.75, 3.05) is 0 Å². The summed E-state index contributed by atoms with van der Waals surface area (Å²) in [5.74, 6) is 0. The van der Waals surface area contributed by atoms with Gasteiger partial charge in [0.1, 0.15) is 6.10 Å². The summed E-state index contributed by atoms with van der Waals surface area (Å²) in [7, 11) is 0. The molecule has 3 aromatic rings. The molecule has 0 amide bonds. The number of aliphatic hydroxyl groups is 1. The summed E-state index contributed by atoms with van der Waals surface area (Å²) >= 11 is 8.30. The topological polar surface area (TPSA) is 33.1 Å². The van der Waals surface area contributed by atoms with E-state index in [0.29, 0.717) is 5.02 Å². The fourth-order valence-electron chi connectivity index (χ4n) is 2.21. The summed E-state index contributed by atoms with van der Waals surface area (Å²) in [6.07, 6.45) is 1.00. The van der Waals surface area contributed by atoms with Gasteiger partial charge in [0.15, 0.2) is 0 Å². The first-order valence-electron chi connectivity index (χ1n) is 6.13. The molecular formula is C16H11ClINO. The van der Waals surface area contributed by atoms with E-state index in [1.165, 1.54) is 0 Å². The number of rotatable bonds is 2. The average Bonchev–Trinajstić information content (AvgIpc) is 2.49. The summed E-state index contributed by atoms with van der Waals surface area (Å²) < 4.78 is 0.969. The molecule has 3 rings (SSSR count). The zero-order valence-corrected chi connectivity index (χ0v) is 13.3. The Morgan fingerprint density at radius 1 is 1.10 bits per heavy atom. The molecule has 0 aliphatic rings. The van der Waals surface area contributed by atoms with Gasteiger partial charge in [0.05, 0.1) is 10.5 Å². The average molecular weight is 396 g/mol. The fraction of sp³-hybridized carbons (Fsp3) is 0.0625. The standard InChI is InChI=1S/C16H11ClINO/c17-13-9-11(6-7-14(13)18)16(20)12-5-1-3-10-4-2-8-19-15(10)12/h1-9,16,20H. The van der Waals surface area contributed by atoms with Gasteiger partial charge in [-0.15, -0.1) is 0 Å². The van der Waals surface area contributed by atoms with Crippen LogP contribution in [-0.2, 0) is 0 Å². The van der Waals surface area contributed by atoms with Gasteiger partial charge in [-0.2, -0.15) is 0 Å². The molecule has 0 spiro atoms. The second-order valence-corrected chi connectivity index (χ2v) is 6.07. The van der Waals surface area contributed by atoms with Gasteiger partial charge in [0, 0.05) is 20.7 Å². The largest absolute Gasteiger partial charge is 0.384 e. The minimum absolute atomic E-state index is 0.648. The summed E-state index contributed by atoms with van der Waals surface area (Å²) in [6, 6.07) is 15.3. The number of hydrogen-bond donors (Lipinski definition) is 1. The van der Waals surface area contributed by atoms with Gasteiger partial charge >= 0.3 is 0 Å². The third kappa shape index (κ3) is 2.53. The highest BCUT2D eigenvalue weighted by atomic mass is 127. The maximum Gasteiger partial charge on any atom is 0.106 e. The van der Waals surface area contributed by atoms with Crippen molar-refractivity contribution in [2.45, 2.75) is 6.10 Å². The van der Waals surface area contributed by atoms with Gasteiger partial charge < -0.3 is 5.11 Å². The molecule has 0 aliphatic carbocycles. The van der Waals surface area contributed by atoms with Crippen LogP contribution in [0.5, 0.6) is 0 Å². The zero-order chi connectivity index (χ0) is 14.1. The van der Waals surface area contributed by atoms with Crippen LogP contribution >= 0.6 is 34.2 Å². The number of nitrogens with zero attached hydrogens (tertiary/aromatic N) is 1. The molecule has 1 aromatic heterocycles. The van der Waals surface area contributed by atoms with Crippen molar-refractivity contribution in [2.24, 2.45) is 0 Å². The van der Waals surface area contributed by atoms with Crippen molar-refractivity contribution >= 4 is 45.1 Å². The smallest absolute Gasteiger partial charge is 0.106 e. The molecule has 0 saturated carbocycles. The highest BCUT2D eigenvalue weighted by molar-refractivity contribution is 14.1.